The van der Waals surface area contributed by atoms with Crippen molar-refractivity contribution in [1.29, 1.82) is 0 Å². The molecule has 0 spiro atoms. The van der Waals surface area contributed by atoms with Crippen LogP contribution >= 0.6 is 0 Å². The number of rotatable bonds is 4. The summed E-state index contributed by atoms with van der Waals surface area (Å²) in [4.78, 5) is 40.5. The van der Waals surface area contributed by atoms with E-state index < -0.39 is 12.1 Å². The summed E-state index contributed by atoms with van der Waals surface area (Å²) in [7, 11) is 0. The minimum absolute atomic E-state index is 0.00192. The maximum Gasteiger partial charge on any atom is 0.268 e. The van der Waals surface area contributed by atoms with Gasteiger partial charge in [0.05, 0.1) is 5.69 Å². The Kier molecular flexibility index (Phi) is 3.86. The molecule has 0 aromatic heterocycles. The van der Waals surface area contributed by atoms with Gasteiger partial charge in [0.2, 0.25) is 11.8 Å². The highest BCUT2D eigenvalue weighted by Gasteiger charge is 2.41. The van der Waals surface area contributed by atoms with Crippen molar-refractivity contribution in [2.45, 2.75) is 44.4 Å². The fraction of sp³-hybridized carbons (Fsp3) is 0.500. The number of hydrogen-bond donors (Lipinski definition) is 1. The van der Waals surface area contributed by atoms with E-state index in [0.717, 1.165) is 12.8 Å². The normalized spacial score (nSPS) is 25.6. The van der Waals surface area contributed by atoms with E-state index >= 15 is 0 Å². The fourth-order valence-electron chi connectivity index (χ4n) is 3.49. The zero-order valence-electron chi connectivity index (χ0n) is 14.1. The molecule has 4 rings (SSSR count). The van der Waals surface area contributed by atoms with Crippen LogP contribution in [-0.2, 0) is 14.4 Å². The van der Waals surface area contributed by atoms with Crippen molar-refractivity contribution in [2.75, 3.05) is 18.0 Å². The Morgan fingerprint density at radius 3 is 2.72 bits per heavy atom. The molecule has 7 heteroatoms. The maximum absolute atomic E-state index is 12.5. The molecule has 1 aliphatic carbocycles. The van der Waals surface area contributed by atoms with Crippen molar-refractivity contribution < 1.29 is 19.1 Å². The van der Waals surface area contributed by atoms with E-state index in [9.17, 15) is 14.4 Å². The lowest BCUT2D eigenvalue weighted by Gasteiger charge is -2.32. The third-order valence-corrected chi connectivity index (χ3v) is 4.94. The standard InChI is InChI=1S/C18H21N3O4/c1-11-17(23)21(14-4-2-3-5-15(14)25-11)10-16(22)19-13-8-9-20(18(13)24)12-6-7-12/h2-5,11-13H,6-10H2,1H3,(H,19,22)/t11-,13-/m0/s1. The number of benzene rings is 1. The summed E-state index contributed by atoms with van der Waals surface area (Å²) in [5.74, 6) is -0.00312. The molecule has 1 saturated carbocycles. The summed E-state index contributed by atoms with van der Waals surface area (Å²) in [6.07, 6.45) is 2.11. The molecule has 25 heavy (non-hydrogen) atoms. The first-order valence-electron chi connectivity index (χ1n) is 8.71. The third-order valence-electron chi connectivity index (χ3n) is 4.94. The largest absolute Gasteiger partial charge is 0.479 e. The molecule has 0 radical (unpaired) electrons. The molecule has 1 saturated heterocycles. The summed E-state index contributed by atoms with van der Waals surface area (Å²) >= 11 is 0. The van der Waals surface area contributed by atoms with E-state index in [2.05, 4.69) is 5.32 Å². The number of anilines is 1. The van der Waals surface area contributed by atoms with Crippen LogP contribution in [0, 0.1) is 0 Å². The number of amides is 3. The molecular formula is C18H21N3O4. The SMILES string of the molecule is C[C@@H]1Oc2ccccc2N(CC(=O)N[C@H]2CCN(C3CC3)C2=O)C1=O. The highest BCUT2D eigenvalue weighted by atomic mass is 16.5. The molecule has 132 valence electrons. The number of ether oxygens (including phenoxy) is 1. The van der Waals surface area contributed by atoms with Crippen molar-refractivity contribution in [1.82, 2.24) is 10.2 Å². The Balaban J connectivity index is 1.44. The number of hydrogen-bond acceptors (Lipinski definition) is 4. The fourth-order valence-corrected chi connectivity index (χ4v) is 3.49. The predicted octanol–water partition coefficient (Wildman–Crippen LogP) is 0.680. The second-order valence-electron chi connectivity index (χ2n) is 6.82. The maximum atomic E-state index is 12.5. The van der Waals surface area contributed by atoms with E-state index in [0.29, 0.717) is 30.4 Å². The van der Waals surface area contributed by atoms with Crippen LogP contribution in [0.4, 0.5) is 5.69 Å². The summed E-state index contributed by atoms with van der Waals surface area (Å²) in [6, 6.07) is 7.03. The van der Waals surface area contributed by atoms with Gasteiger partial charge in [-0.25, -0.2) is 0 Å². The van der Waals surface area contributed by atoms with Gasteiger partial charge < -0.3 is 15.0 Å². The Labute approximate surface area is 145 Å². The van der Waals surface area contributed by atoms with Crippen LogP contribution < -0.4 is 15.0 Å². The zero-order chi connectivity index (χ0) is 17.6. The molecule has 2 heterocycles. The van der Waals surface area contributed by atoms with Crippen molar-refractivity contribution >= 4 is 23.4 Å². The first-order chi connectivity index (χ1) is 12.0. The second-order valence-corrected chi connectivity index (χ2v) is 6.82. The van der Waals surface area contributed by atoms with Gasteiger partial charge in [-0.2, -0.15) is 0 Å². The minimum Gasteiger partial charge on any atom is -0.479 e. The van der Waals surface area contributed by atoms with E-state index in [1.165, 1.54) is 4.90 Å². The second kappa shape index (κ2) is 6.06. The van der Waals surface area contributed by atoms with Crippen LogP contribution in [-0.4, -0.2) is 53.9 Å². The third kappa shape index (κ3) is 2.94. The Bertz CT molecular complexity index is 731. The van der Waals surface area contributed by atoms with Crippen LogP contribution in [0.15, 0.2) is 24.3 Å². The van der Waals surface area contributed by atoms with Crippen molar-refractivity contribution in [3.63, 3.8) is 0 Å². The highest BCUT2D eigenvalue weighted by molar-refractivity contribution is 6.04. The molecule has 7 nitrogen and oxygen atoms in total. The quantitative estimate of drug-likeness (QED) is 0.872. The molecule has 0 unspecified atom stereocenters. The zero-order valence-corrected chi connectivity index (χ0v) is 14.1. The van der Waals surface area contributed by atoms with Crippen molar-refractivity contribution in [2.24, 2.45) is 0 Å². The van der Waals surface area contributed by atoms with Gasteiger partial charge >= 0.3 is 0 Å². The molecule has 3 amide bonds. The van der Waals surface area contributed by atoms with Gasteiger partial charge in [-0.05, 0) is 38.3 Å². The number of nitrogens with zero attached hydrogens (tertiary/aromatic N) is 2. The molecule has 1 aromatic carbocycles. The van der Waals surface area contributed by atoms with Gasteiger partial charge in [0.1, 0.15) is 18.3 Å². The predicted molar refractivity (Wildman–Crippen MR) is 90.2 cm³/mol. The van der Waals surface area contributed by atoms with E-state index in [1.807, 2.05) is 11.0 Å². The summed E-state index contributed by atoms with van der Waals surface area (Å²) < 4.78 is 5.57. The average Bonchev–Trinajstić information content (AvgIpc) is 3.37. The van der Waals surface area contributed by atoms with Gasteiger partial charge in [-0.3, -0.25) is 19.3 Å². The van der Waals surface area contributed by atoms with Crippen molar-refractivity contribution in [3.05, 3.63) is 24.3 Å². The van der Waals surface area contributed by atoms with E-state index in [-0.39, 0.29) is 24.3 Å². The van der Waals surface area contributed by atoms with Gasteiger partial charge in [-0.15, -0.1) is 0 Å². The molecule has 2 fully saturated rings. The monoisotopic (exact) mass is 343 g/mol. The smallest absolute Gasteiger partial charge is 0.268 e. The first kappa shape index (κ1) is 15.9. The Morgan fingerprint density at radius 1 is 1.20 bits per heavy atom. The van der Waals surface area contributed by atoms with Crippen LogP contribution in [0.2, 0.25) is 0 Å². The van der Waals surface area contributed by atoms with Crippen molar-refractivity contribution in [3.8, 4) is 5.75 Å². The van der Waals surface area contributed by atoms with Crippen LogP contribution in [0.1, 0.15) is 26.2 Å². The number of carbonyl (C=O) groups excluding carboxylic acids is 3. The summed E-state index contributed by atoms with van der Waals surface area (Å²) in [6.45, 7) is 2.25. The van der Waals surface area contributed by atoms with Gasteiger partial charge in [-0.1, -0.05) is 12.1 Å². The highest BCUT2D eigenvalue weighted by Crippen LogP contribution is 2.33. The minimum atomic E-state index is -0.638. The number of nitrogens with one attached hydrogen (secondary N) is 1. The number of para-hydroxylation sites is 2. The number of likely N-dealkylation sites (tertiary alicyclic amines) is 1. The number of carbonyl (C=O) groups is 3. The Hall–Kier alpha value is -2.57. The van der Waals surface area contributed by atoms with E-state index in [1.54, 1.807) is 25.1 Å². The van der Waals surface area contributed by atoms with Crippen LogP contribution in [0.5, 0.6) is 5.75 Å². The lowest BCUT2D eigenvalue weighted by molar-refractivity contribution is -0.133. The molecule has 2 atom stereocenters. The molecule has 1 N–H and O–H groups in total. The van der Waals surface area contributed by atoms with E-state index in [4.69, 9.17) is 4.74 Å². The van der Waals surface area contributed by atoms with Crippen LogP contribution in [0.25, 0.3) is 0 Å². The Morgan fingerprint density at radius 2 is 1.96 bits per heavy atom. The number of fused-ring (bicyclic) bond motifs is 1. The van der Waals surface area contributed by atoms with Crippen LogP contribution in [0.3, 0.4) is 0 Å². The molecule has 2 aliphatic heterocycles. The van der Waals surface area contributed by atoms with Gasteiger partial charge in [0, 0.05) is 12.6 Å². The lowest BCUT2D eigenvalue weighted by atomic mass is 10.2. The molecule has 0 bridgehead atoms. The molecule has 3 aliphatic rings. The van der Waals surface area contributed by atoms with Gasteiger partial charge in [0.15, 0.2) is 6.10 Å². The topological polar surface area (TPSA) is 79.0 Å². The molecular weight excluding hydrogens is 322 g/mol. The lowest BCUT2D eigenvalue weighted by Crippen LogP contribution is -2.51. The summed E-state index contributed by atoms with van der Waals surface area (Å²) in [5.41, 5.74) is 0.582. The average molecular weight is 343 g/mol. The summed E-state index contributed by atoms with van der Waals surface area (Å²) in [5, 5.41) is 2.79. The first-order valence-corrected chi connectivity index (χ1v) is 8.71. The molecule has 1 aromatic rings. The van der Waals surface area contributed by atoms with Gasteiger partial charge in [0.25, 0.3) is 5.91 Å².